The Morgan fingerprint density at radius 2 is 1.90 bits per heavy atom. The molecule has 7 nitrogen and oxygen atoms in total. The second-order valence-corrected chi connectivity index (χ2v) is 10.3. The molecule has 4 rings (SSSR count). The summed E-state index contributed by atoms with van der Waals surface area (Å²) in [6.07, 6.45) is -3.94. The zero-order chi connectivity index (χ0) is 22.2. The van der Waals surface area contributed by atoms with E-state index in [1.54, 1.807) is 17.5 Å². The lowest BCUT2D eigenvalue weighted by molar-refractivity contribution is -0.137. The van der Waals surface area contributed by atoms with Gasteiger partial charge in [0.15, 0.2) is 5.82 Å². The number of nitrogens with zero attached hydrogens (tertiary/aromatic N) is 3. The SMILES string of the molecule is O=C(NC1CCS(=O)(=O)CC1)c1nc(-c2cccs2)n(-c2cccc(C(F)(F)F)c2)n1. The van der Waals surface area contributed by atoms with Crippen molar-refractivity contribution in [1.29, 1.82) is 0 Å². The summed E-state index contributed by atoms with van der Waals surface area (Å²) in [5.74, 6) is -0.581. The lowest BCUT2D eigenvalue weighted by atomic mass is 10.1. The number of rotatable bonds is 4. The Labute approximate surface area is 179 Å². The number of carbonyl (C=O) groups is 1. The molecule has 31 heavy (non-hydrogen) atoms. The van der Waals surface area contributed by atoms with E-state index in [4.69, 9.17) is 0 Å². The van der Waals surface area contributed by atoms with E-state index in [1.807, 2.05) is 0 Å². The summed E-state index contributed by atoms with van der Waals surface area (Å²) in [4.78, 5) is 17.6. The highest BCUT2D eigenvalue weighted by molar-refractivity contribution is 7.91. The maximum absolute atomic E-state index is 13.2. The fourth-order valence-corrected chi connectivity index (χ4v) is 5.44. The van der Waals surface area contributed by atoms with Gasteiger partial charge in [0.05, 0.1) is 27.6 Å². The highest BCUT2D eigenvalue weighted by atomic mass is 32.2. The molecule has 1 amide bonds. The Morgan fingerprint density at radius 3 is 2.55 bits per heavy atom. The predicted molar refractivity (Wildman–Crippen MR) is 109 cm³/mol. The molecule has 1 fully saturated rings. The lowest BCUT2D eigenvalue weighted by Crippen LogP contribution is -2.41. The summed E-state index contributed by atoms with van der Waals surface area (Å²) < 4.78 is 63.8. The molecule has 0 bridgehead atoms. The van der Waals surface area contributed by atoms with Gasteiger partial charge in [0.2, 0.25) is 5.82 Å². The fourth-order valence-electron chi connectivity index (χ4n) is 3.25. The number of nitrogens with one attached hydrogen (secondary N) is 1. The average Bonchev–Trinajstić information content (AvgIpc) is 3.38. The Bertz CT molecular complexity index is 1190. The monoisotopic (exact) mass is 470 g/mol. The number of thiophene rings is 1. The highest BCUT2D eigenvalue weighted by Crippen LogP contribution is 2.32. The molecule has 0 atom stereocenters. The van der Waals surface area contributed by atoms with Gasteiger partial charge >= 0.3 is 6.18 Å². The van der Waals surface area contributed by atoms with Crippen LogP contribution in [0.5, 0.6) is 0 Å². The van der Waals surface area contributed by atoms with E-state index in [9.17, 15) is 26.4 Å². The Hall–Kier alpha value is -2.73. The minimum atomic E-state index is -4.53. The van der Waals surface area contributed by atoms with E-state index in [0.29, 0.717) is 17.7 Å². The van der Waals surface area contributed by atoms with Gasteiger partial charge < -0.3 is 5.32 Å². The molecule has 12 heteroatoms. The summed E-state index contributed by atoms with van der Waals surface area (Å²) >= 11 is 1.31. The van der Waals surface area contributed by atoms with Crippen molar-refractivity contribution < 1.29 is 26.4 Å². The van der Waals surface area contributed by atoms with Crippen molar-refractivity contribution in [2.45, 2.75) is 25.1 Å². The molecule has 1 aliphatic rings. The van der Waals surface area contributed by atoms with Crippen LogP contribution < -0.4 is 5.32 Å². The number of hydrogen-bond acceptors (Lipinski definition) is 6. The number of benzene rings is 1. The van der Waals surface area contributed by atoms with Crippen LogP contribution in [-0.4, -0.2) is 46.6 Å². The van der Waals surface area contributed by atoms with Crippen LogP contribution in [0.1, 0.15) is 29.0 Å². The van der Waals surface area contributed by atoms with Gasteiger partial charge in [0.1, 0.15) is 9.84 Å². The van der Waals surface area contributed by atoms with E-state index in [2.05, 4.69) is 15.4 Å². The van der Waals surface area contributed by atoms with Gasteiger partial charge in [0.25, 0.3) is 5.91 Å². The summed E-state index contributed by atoms with van der Waals surface area (Å²) in [6.45, 7) is 0. The van der Waals surface area contributed by atoms with Crippen molar-refractivity contribution in [2.75, 3.05) is 11.5 Å². The molecule has 0 unspecified atom stereocenters. The van der Waals surface area contributed by atoms with Crippen molar-refractivity contribution in [2.24, 2.45) is 0 Å². The number of halogens is 3. The van der Waals surface area contributed by atoms with Crippen molar-refractivity contribution in [1.82, 2.24) is 20.1 Å². The van der Waals surface area contributed by atoms with E-state index in [-0.39, 0.29) is 34.9 Å². The van der Waals surface area contributed by atoms with Gasteiger partial charge in [-0.15, -0.1) is 16.4 Å². The molecule has 1 saturated heterocycles. The van der Waals surface area contributed by atoms with E-state index >= 15 is 0 Å². The molecule has 1 aliphatic heterocycles. The lowest BCUT2D eigenvalue weighted by Gasteiger charge is -2.22. The number of sulfone groups is 1. The minimum absolute atomic E-state index is 0.00943. The highest BCUT2D eigenvalue weighted by Gasteiger charge is 2.31. The minimum Gasteiger partial charge on any atom is -0.346 e. The molecule has 164 valence electrons. The fraction of sp³-hybridized carbons (Fsp3) is 0.316. The van der Waals surface area contributed by atoms with Crippen LogP contribution >= 0.6 is 11.3 Å². The van der Waals surface area contributed by atoms with Gasteiger partial charge in [-0.1, -0.05) is 12.1 Å². The van der Waals surface area contributed by atoms with Crippen LogP contribution in [0.4, 0.5) is 13.2 Å². The molecular formula is C19H17F3N4O3S2. The molecule has 0 radical (unpaired) electrons. The van der Waals surface area contributed by atoms with Crippen LogP contribution in [0.2, 0.25) is 0 Å². The normalized spacial score (nSPS) is 16.9. The van der Waals surface area contributed by atoms with Gasteiger partial charge in [0, 0.05) is 6.04 Å². The van der Waals surface area contributed by atoms with Crippen LogP contribution in [-0.2, 0) is 16.0 Å². The Kier molecular flexibility index (Phi) is 5.60. The predicted octanol–water partition coefficient (Wildman–Crippen LogP) is 3.32. The molecule has 0 aliphatic carbocycles. The number of alkyl halides is 3. The van der Waals surface area contributed by atoms with Gasteiger partial charge in [-0.25, -0.2) is 18.1 Å². The molecule has 1 N–H and O–H groups in total. The average molecular weight is 470 g/mol. The summed E-state index contributed by atoms with van der Waals surface area (Å²) in [5, 5.41) is 8.68. The van der Waals surface area contributed by atoms with Crippen LogP contribution in [0.25, 0.3) is 16.4 Å². The van der Waals surface area contributed by atoms with E-state index in [1.165, 1.54) is 28.2 Å². The smallest absolute Gasteiger partial charge is 0.346 e. The quantitative estimate of drug-likeness (QED) is 0.631. The largest absolute Gasteiger partial charge is 0.416 e. The second kappa shape index (κ2) is 8.08. The zero-order valence-corrected chi connectivity index (χ0v) is 17.6. The zero-order valence-electron chi connectivity index (χ0n) is 16.0. The molecule has 2 aromatic heterocycles. The maximum atomic E-state index is 13.2. The van der Waals surface area contributed by atoms with E-state index < -0.39 is 27.5 Å². The summed E-state index contributed by atoms with van der Waals surface area (Å²) in [5.41, 5.74) is -0.722. The standard InChI is InChI=1S/C19H17F3N4O3S2/c20-19(21,22)12-3-1-4-14(11-12)26-17(15-5-2-8-30-15)24-16(25-26)18(27)23-13-6-9-31(28,29)10-7-13/h1-5,8,11,13H,6-7,9-10H2,(H,23,27). The first-order valence-electron chi connectivity index (χ1n) is 9.32. The number of hydrogen-bond donors (Lipinski definition) is 1. The Morgan fingerprint density at radius 1 is 1.16 bits per heavy atom. The third kappa shape index (κ3) is 4.79. The molecule has 1 aromatic carbocycles. The van der Waals surface area contributed by atoms with Crippen molar-refractivity contribution in [3.63, 3.8) is 0 Å². The molecule has 3 aromatic rings. The molecule has 0 spiro atoms. The number of aromatic nitrogens is 3. The second-order valence-electron chi connectivity index (χ2n) is 7.10. The molecule has 3 heterocycles. The van der Waals surface area contributed by atoms with E-state index in [0.717, 1.165) is 12.1 Å². The van der Waals surface area contributed by atoms with Crippen LogP contribution in [0.15, 0.2) is 41.8 Å². The first kappa shape index (κ1) is 21.5. The van der Waals surface area contributed by atoms with Crippen LogP contribution in [0, 0.1) is 0 Å². The van der Waals surface area contributed by atoms with Gasteiger partial charge in [-0.05, 0) is 42.5 Å². The molecular weight excluding hydrogens is 453 g/mol. The third-order valence-corrected chi connectivity index (χ3v) is 7.44. The topological polar surface area (TPSA) is 94.0 Å². The van der Waals surface area contributed by atoms with Crippen molar-refractivity contribution in [3.8, 4) is 16.4 Å². The van der Waals surface area contributed by atoms with Gasteiger partial charge in [-0.3, -0.25) is 4.79 Å². The first-order valence-corrected chi connectivity index (χ1v) is 12.0. The van der Waals surface area contributed by atoms with Gasteiger partial charge in [-0.2, -0.15) is 13.2 Å². The Balaban J connectivity index is 1.66. The summed E-state index contributed by atoms with van der Waals surface area (Å²) in [7, 11) is -3.08. The van der Waals surface area contributed by atoms with Crippen molar-refractivity contribution >= 4 is 27.1 Å². The number of amides is 1. The third-order valence-electron chi connectivity index (χ3n) is 4.86. The first-order chi connectivity index (χ1) is 14.6. The van der Waals surface area contributed by atoms with Crippen molar-refractivity contribution in [3.05, 3.63) is 53.2 Å². The maximum Gasteiger partial charge on any atom is 0.416 e. The number of carbonyl (C=O) groups excluding carboxylic acids is 1. The summed E-state index contributed by atoms with van der Waals surface area (Å²) in [6, 6.07) is 7.77. The molecule has 0 saturated carbocycles. The van der Waals surface area contributed by atoms with Crippen LogP contribution in [0.3, 0.4) is 0 Å².